The van der Waals surface area contributed by atoms with E-state index in [1.54, 1.807) is 24.3 Å². The number of amides is 5. The fourth-order valence-electron chi connectivity index (χ4n) is 4.86. The molecule has 0 aliphatic carbocycles. The molecule has 2 aromatic carbocycles. The summed E-state index contributed by atoms with van der Waals surface area (Å²) >= 11 is 0. The number of piperidine rings is 1. The molecule has 2 aromatic rings. The molecule has 2 aliphatic heterocycles. The fraction of sp³-hybridized carbons (Fsp3) is 0.448. The molecule has 42 heavy (non-hydrogen) atoms. The molecule has 0 aromatic heterocycles. The molecule has 0 radical (unpaired) electrons. The number of hydrogen-bond donors (Lipinski definition) is 1. The molecule has 2 saturated heterocycles. The van der Waals surface area contributed by atoms with Gasteiger partial charge in [-0.1, -0.05) is 32.4 Å². The lowest BCUT2D eigenvalue weighted by Crippen LogP contribution is -2.57. The molecule has 13 heteroatoms. The van der Waals surface area contributed by atoms with Crippen LogP contribution in [0.1, 0.15) is 54.6 Å². The van der Waals surface area contributed by atoms with Crippen molar-refractivity contribution in [1.82, 2.24) is 20.0 Å². The van der Waals surface area contributed by atoms with Crippen LogP contribution in [0.3, 0.4) is 0 Å². The molecule has 9 nitrogen and oxygen atoms in total. The van der Waals surface area contributed by atoms with Crippen LogP contribution >= 0.6 is 0 Å². The van der Waals surface area contributed by atoms with Gasteiger partial charge in [-0.15, -0.1) is 0 Å². The number of likely N-dealkylation sites (N-methyl/N-ethyl adjacent to an activating group) is 1. The maximum atomic E-state index is 14.0. The summed E-state index contributed by atoms with van der Waals surface area (Å²) in [5, 5.41) is 2.16. The molecule has 1 spiro atoms. The topological polar surface area (TPSA) is 99.3 Å². The van der Waals surface area contributed by atoms with Crippen molar-refractivity contribution < 1.29 is 41.5 Å². The van der Waals surface area contributed by atoms with Gasteiger partial charge in [0.05, 0.1) is 24.8 Å². The average Bonchev–Trinajstić information content (AvgIpc) is 3.12. The number of carbonyl (C=O) groups is 4. The Labute approximate surface area is 241 Å². The van der Waals surface area contributed by atoms with E-state index in [0.29, 0.717) is 23.9 Å². The van der Waals surface area contributed by atoms with E-state index in [0.717, 1.165) is 10.5 Å². The van der Waals surface area contributed by atoms with Crippen LogP contribution in [0, 0.1) is 5.82 Å². The molecule has 4 rings (SSSR count). The summed E-state index contributed by atoms with van der Waals surface area (Å²) in [7, 11) is 2.94. The van der Waals surface area contributed by atoms with Gasteiger partial charge in [0.1, 0.15) is 17.1 Å². The van der Waals surface area contributed by atoms with Crippen molar-refractivity contribution >= 4 is 23.8 Å². The second kappa shape index (κ2) is 13.2. The number of hydrogen-bond acceptors (Lipinski definition) is 5. The van der Waals surface area contributed by atoms with Gasteiger partial charge < -0.3 is 19.9 Å². The van der Waals surface area contributed by atoms with Crippen molar-refractivity contribution in [2.24, 2.45) is 0 Å². The molecule has 1 N–H and O–H groups in total. The first kappa shape index (κ1) is 32.4. The SMILES string of the molecule is CCC.COc1ccc(CN2C(=O)N(C)C(=O)C23CCN(C(=O)CNC(=O)c2cc(C(F)(F)F)ccc2F)CC3)cc1. The number of carbonyl (C=O) groups excluding carboxylic acids is 4. The Morgan fingerprint density at radius 1 is 1.02 bits per heavy atom. The van der Waals surface area contributed by atoms with Gasteiger partial charge in [-0.3, -0.25) is 19.3 Å². The molecule has 0 atom stereocenters. The Hall–Kier alpha value is -4.16. The quantitative estimate of drug-likeness (QED) is 0.394. The lowest BCUT2D eigenvalue weighted by molar-refractivity contribution is -0.140. The first-order valence-corrected chi connectivity index (χ1v) is 13.4. The van der Waals surface area contributed by atoms with Crippen molar-refractivity contribution in [3.63, 3.8) is 0 Å². The number of likely N-dealkylation sites (tertiary alicyclic amines) is 1. The van der Waals surface area contributed by atoms with E-state index in [4.69, 9.17) is 4.74 Å². The zero-order valence-corrected chi connectivity index (χ0v) is 23.9. The fourth-order valence-corrected chi connectivity index (χ4v) is 4.86. The van der Waals surface area contributed by atoms with Gasteiger partial charge in [0.2, 0.25) is 5.91 Å². The minimum absolute atomic E-state index is 0.0958. The van der Waals surface area contributed by atoms with Gasteiger partial charge in [0.15, 0.2) is 0 Å². The second-order valence-corrected chi connectivity index (χ2v) is 10.1. The van der Waals surface area contributed by atoms with E-state index in [9.17, 15) is 36.7 Å². The smallest absolute Gasteiger partial charge is 0.416 e. The van der Waals surface area contributed by atoms with Crippen LogP contribution < -0.4 is 10.1 Å². The summed E-state index contributed by atoms with van der Waals surface area (Å²) in [6.07, 6.45) is -3.21. The van der Waals surface area contributed by atoms with Crippen molar-refractivity contribution in [3.8, 4) is 5.75 Å². The van der Waals surface area contributed by atoms with Crippen LogP contribution in [0.4, 0.5) is 22.4 Å². The van der Waals surface area contributed by atoms with Gasteiger partial charge in [0.25, 0.3) is 11.8 Å². The van der Waals surface area contributed by atoms with Crippen LogP contribution in [0.15, 0.2) is 42.5 Å². The van der Waals surface area contributed by atoms with Gasteiger partial charge in [-0.2, -0.15) is 13.2 Å². The highest BCUT2D eigenvalue weighted by atomic mass is 19.4. The Morgan fingerprint density at radius 3 is 2.17 bits per heavy atom. The van der Waals surface area contributed by atoms with Crippen molar-refractivity contribution in [2.45, 2.75) is 51.4 Å². The maximum Gasteiger partial charge on any atom is 0.416 e. The van der Waals surface area contributed by atoms with Gasteiger partial charge in [-0.25, -0.2) is 9.18 Å². The number of alkyl halides is 3. The molecule has 0 unspecified atom stereocenters. The van der Waals surface area contributed by atoms with E-state index in [2.05, 4.69) is 19.2 Å². The minimum Gasteiger partial charge on any atom is -0.497 e. The summed E-state index contributed by atoms with van der Waals surface area (Å²) in [5.41, 5.74) is -2.38. The number of nitrogens with zero attached hydrogens (tertiary/aromatic N) is 3. The largest absolute Gasteiger partial charge is 0.497 e. The van der Waals surface area contributed by atoms with E-state index in [1.807, 2.05) is 0 Å². The summed E-state index contributed by atoms with van der Waals surface area (Å²) in [5.74, 6) is -2.61. The molecule has 2 aliphatic rings. The first-order chi connectivity index (χ1) is 19.8. The zero-order valence-electron chi connectivity index (χ0n) is 23.9. The average molecular weight is 595 g/mol. The van der Waals surface area contributed by atoms with Crippen molar-refractivity contribution in [1.29, 1.82) is 0 Å². The van der Waals surface area contributed by atoms with E-state index in [-0.39, 0.29) is 38.4 Å². The number of benzene rings is 2. The number of methoxy groups -OCH3 is 1. The predicted molar refractivity (Wildman–Crippen MR) is 145 cm³/mol. The first-order valence-electron chi connectivity index (χ1n) is 13.4. The molecule has 0 bridgehead atoms. The molecule has 2 heterocycles. The number of urea groups is 1. The number of ether oxygens (including phenoxy) is 1. The van der Waals surface area contributed by atoms with Crippen LogP contribution in [0.5, 0.6) is 5.75 Å². The predicted octanol–water partition coefficient (Wildman–Crippen LogP) is 4.45. The van der Waals surface area contributed by atoms with Crippen LogP contribution in [0.25, 0.3) is 0 Å². The highest BCUT2D eigenvalue weighted by Crippen LogP contribution is 2.38. The number of imide groups is 1. The molecule has 0 saturated carbocycles. The Kier molecular flexibility index (Phi) is 10.2. The zero-order chi connectivity index (χ0) is 31.2. The number of nitrogens with one attached hydrogen (secondary N) is 1. The number of rotatable bonds is 6. The lowest BCUT2D eigenvalue weighted by Gasteiger charge is -2.42. The molecular formula is C29H34F4N4O5. The summed E-state index contributed by atoms with van der Waals surface area (Å²) in [6, 6.07) is 8.06. The number of halogens is 4. The summed E-state index contributed by atoms with van der Waals surface area (Å²) in [6.45, 7) is 4.03. The Morgan fingerprint density at radius 2 is 1.62 bits per heavy atom. The molecular weight excluding hydrogens is 560 g/mol. The van der Waals surface area contributed by atoms with Crippen molar-refractivity contribution in [3.05, 3.63) is 65.0 Å². The Balaban J connectivity index is 0.00000155. The third-order valence-electron chi connectivity index (χ3n) is 7.12. The van der Waals surface area contributed by atoms with Crippen LogP contribution in [0.2, 0.25) is 0 Å². The van der Waals surface area contributed by atoms with Gasteiger partial charge >= 0.3 is 12.2 Å². The maximum absolute atomic E-state index is 14.0. The third kappa shape index (κ3) is 6.82. The third-order valence-corrected chi connectivity index (χ3v) is 7.12. The second-order valence-electron chi connectivity index (χ2n) is 10.1. The monoisotopic (exact) mass is 594 g/mol. The van der Waals surface area contributed by atoms with Gasteiger partial charge in [0, 0.05) is 26.7 Å². The summed E-state index contributed by atoms with van der Waals surface area (Å²) < 4.78 is 57.9. The van der Waals surface area contributed by atoms with Gasteiger partial charge in [-0.05, 0) is 48.7 Å². The van der Waals surface area contributed by atoms with Crippen LogP contribution in [-0.2, 0) is 22.3 Å². The van der Waals surface area contributed by atoms with E-state index in [1.165, 1.54) is 30.4 Å². The van der Waals surface area contributed by atoms with E-state index >= 15 is 0 Å². The van der Waals surface area contributed by atoms with E-state index < -0.39 is 53.0 Å². The molecule has 2 fully saturated rings. The highest BCUT2D eigenvalue weighted by molar-refractivity contribution is 6.07. The van der Waals surface area contributed by atoms with Crippen molar-refractivity contribution in [2.75, 3.05) is 33.8 Å². The highest BCUT2D eigenvalue weighted by Gasteiger charge is 2.57. The Bertz CT molecular complexity index is 1310. The standard InChI is InChI=1S/C26H26F4N4O5.C3H8/c1-32-23(37)25(34(24(32)38)15-16-3-6-18(39-2)7-4-16)9-11-33(12-10-25)21(35)14-31-22(36)19-13-17(26(28,29)30)5-8-20(19)27;1-3-2/h3-8,13H,9-12,14-15H2,1-2H3,(H,31,36);3H2,1-2H3. The summed E-state index contributed by atoms with van der Waals surface area (Å²) in [4.78, 5) is 55.1. The lowest BCUT2D eigenvalue weighted by atomic mass is 9.85. The minimum atomic E-state index is -4.77. The molecule has 228 valence electrons. The normalized spacial score (nSPS) is 16.3. The molecule has 5 amide bonds. The van der Waals surface area contributed by atoms with Crippen LogP contribution in [-0.4, -0.2) is 77.8 Å².